The minimum atomic E-state index is -0.329. The molecule has 6 heteroatoms. The number of nitrogens with one attached hydrogen (secondary N) is 2. The number of anilines is 1. The highest BCUT2D eigenvalue weighted by Crippen LogP contribution is 2.34. The smallest absolute Gasteiger partial charge is 0.323 e. The number of urea groups is 1. The summed E-state index contributed by atoms with van der Waals surface area (Å²) in [4.78, 5) is 11.8. The van der Waals surface area contributed by atoms with Crippen molar-refractivity contribution < 1.29 is 14.3 Å². The predicted molar refractivity (Wildman–Crippen MR) is 87.9 cm³/mol. The molecule has 5 nitrogen and oxygen atoms in total. The summed E-state index contributed by atoms with van der Waals surface area (Å²) < 4.78 is 11.5. The van der Waals surface area contributed by atoms with Gasteiger partial charge in [-0.15, -0.1) is 0 Å². The molecule has 112 valence electrons. The minimum absolute atomic E-state index is 0.209. The van der Waals surface area contributed by atoms with Crippen LogP contribution in [0.3, 0.4) is 0 Å². The first-order chi connectivity index (χ1) is 10.7. The zero-order valence-corrected chi connectivity index (χ0v) is 13.1. The molecule has 2 aromatic carbocycles. The van der Waals surface area contributed by atoms with Crippen LogP contribution in [0, 0.1) is 0 Å². The number of benzene rings is 2. The largest absolute Gasteiger partial charge is 0.454 e. The Morgan fingerprint density at radius 2 is 2.00 bits per heavy atom. The van der Waals surface area contributed by atoms with Crippen molar-refractivity contribution in [3.05, 3.63) is 58.7 Å². The van der Waals surface area contributed by atoms with Crippen molar-refractivity contribution in [3.8, 4) is 11.5 Å². The van der Waals surface area contributed by atoms with Gasteiger partial charge in [-0.3, -0.25) is 0 Å². The van der Waals surface area contributed by atoms with Crippen LogP contribution in [-0.4, -0.2) is 12.8 Å². The van der Waals surface area contributed by atoms with Crippen molar-refractivity contribution >= 4 is 33.7 Å². The summed E-state index contributed by atoms with van der Waals surface area (Å²) in [5, 5.41) is 5.37. The maximum atomic E-state index is 11.8. The van der Waals surface area contributed by atoms with Crippen molar-refractivity contribution in [1.29, 1.82) is 0 Å². The number of ether oxygens (including phenoxy) is 2. The summed E-state index contributed by atoms with van der Waals surface area (Å²) in [7, 11) is 0. The van der Waals surface area contributed by atoms with Gasteiger partial charge in [-0.1, -0.05) is 28.1 Å². The lowest BCUT2D eigenvalue weighted by molar-refractivity contribution is 0.174. The second-order valence-corrected chi connectivity index (χ2v) is 5.47. The molecule has 1 aliphatic rings. The first kappa shape index (κ1) is 14.5. The van der Waals surface area contributed by atoms with Crippen LogP contribution in [0.2, 0.25) is 0 Å². The fraction of sp³-hybridized carbons (Fsp3) is 0.0625. The summed E-state index contributed by atoms with van der Waals surface area (Å²) in [6.45, 7) is 0.209. The van der Waals surface area contributed by atoms with Crippen LogP contribution in [0.15, 0.2) is 53.1 Å². The van der Waals surface area contributed by atoms with Crippen molar-refractivity contribution in [2.24, 2.45) is 0 Å². The molecular weight excluding hydrogens is 348 g/mol. The Labute approximate surface area is 136 Å². The Morgan fingerprint density at radius 1 is 1.14 bits per heavy atom. The van der Waals surface area contributed by atoms with E-state index in [-0.39, 0.29) is 12.8 Å². The Kier molecular flexibility index (Phi) is 4.29. The number of fused-ring (bicyclic) bond motifs is 1. The molecule has 0 unspecified atom stereocenters. The number of carbonyl (C=O) groups is 1. The van der Waals surface area contributed by atoms with Crippen molar-refractivity contribution in [2.45, 2.75) is 0 Å². The Hall–Kier alpha value is -2.47. The summed E-state index contributed by atoms with van der Waals surface area (Å²) in [5.74, 6) is 1.31. The van der Waals surface area contributed by atoms with Gasteiger partial charge < -0.3 is 20.1 Å². The van der Waals surface area contributed by atoms with Gasteiger partial charge in [0, 0.05) is 22.4 Å². The molecule has 0 aromatic heterocycles. The number of halogens is 1. The number of carbonyl (C=O) groups excluding carboxylic acids is 1. The van der Waals surface area contributed by atoms with E-state index >= 15 is 0 Å². The molecule has 0 fully saturated rings. The highest BCUT2D eigenvalue weighted by Gasteiger charge is 2.13. The zero-order valence-electron chi connectivity index (χ0n) is 11.5. The van der Waals surface area contributed by atoms with Crippen LogP contribution in [0.25, 0.3) is 6.08 Å². The van der Waals surface area contributed by atoms with Gasteiger partial charge in [0.1, 0.15) is 0 Å². The number of hydrogen-bond donors (Lipinski definition) is 2. The van der Waals surface area contributed by atoms with E-state index in [9.17, 15) is 4.79 Å². The van der Waals surface area contributed by atoms with Gasteiger partial charge in [0.2, 0.25) is 6.79 Å². The van der Waals surface area contributed by atoms with Crippen molar-refractivity contribution in [2.75, 3.05) is 12.1 Å². The molecule has 0 saturated heterocycles. The van der Waals surface area contributed by atoms with Gasteiger partial charge in [0.15, 0.2) is 11.5 Å². The maximum Gasteiger partial charge on any atom is 0.323 e. The summed E-state index contributed by atoms with van der Waals surface area (Å²) in [6.07, 6.45) is 3.40. The van der Waals surface area contributed by atoms with E-state index in [2.05, 4.69) is 26.6 Å². The van der Waals surface area contributed by atoms with Gasteiger partial charge in [-0.2, -0.15) is 0 Å². The molecule has 22 heavy (non-hydrogen) atoms. The van der Waals surface area contributed by atoms with Gasteiger partial charge in [0.05, 0.1) is 0 Å². The lowest BCUT2D eigenvalue weighted by atomic mass is 10.2. The molecule has 2 amide bonds. The number of rotatable bonds is 3. The highest BCUT2D eigenvalue weighted by atomic mass is 79.9. The fourth-order valence-corrected chi connectivity index (χ4v) is 2.38. The molecule has 0 spiro atoms. The summed E-state index contributed by atoms with van der Waals surface area (Å²) in [5.41, 5.74) is 1.62. The Balaban J connectivity index is 1.56. The third-order valence-electron chi connectivity index (χ3n) is 2.97. The second kappa shape index (κ2) is 6.53. The summed E-state index contributed by atoms with van der Waals surface area (Å²) >= 11 is 3.40. The molecular formula is C16H13BrN2O3. The van der Waals surface area contributed by atoms with E-state index in [4.69, 9.17) is 9.47 Å². The lowest BCUT2D eigenvalue weighted by Crippen LogP contribution is -2.23. The molecule has 0 saturated carbocycles. The molecule has 0 radical (unpaired) electrons. The van der Waals surface area contributed by atoms with Gasteiger partial charge >= 0.3 is 6.03 Å². The minimum Gasteiger partial charge on any atom is -0.454 e. The molecule has 2 aromatic rings. The van der Waals surface area contributed by atoms with Crippen LogP contribution in [-0.2, 0) is 0 Å². The molecule has 0 atom stereocenters. The average Bonchev–Trinajstić information content (AvgIpc) is 2.95. The fourth-order valence-electron chi connectivity index (χ4n) is 1.97. The van der Waals surface area contributed by atoms with Gasteiger partial charge in [-0.05, 0) is 35.9 Å². The van der Waals surface area contributed by atoms with E-state index in [1.165, 1.54) is 0 Å². The monoisotopic (exact) mass is 360 g/mol. The number of amides is 2. The second-order valence-electron chi connectivity index (χ2n) is 4.55. The molecule has 2 N–H and O–H groups in total. The molecule has 1 heterocycles. The van der Waals surface area contributed by atoms with E-state index < -0.39 is 0 Å². The number of hydrogen-bond acceptors (Lipinski definition) is 3. The highest BCUT2D eigenvalue weighted by molar-refractivity contribution is 9.10. The topological polar surface area (TPSA) is 59.6 Å². The van der Waals surface area contributed by atoms with Crippen LogP contribution >= 0.6 is 15.9 Å². The first-order valence-corrected chi connectivity index (χ1v) is 7.39. The van der Waals surface area contributed by atoms with Crippen molar-refractivity contribution in [3.63, 3.8) is 0 Å². The van der Waals surface area contributed by atoms with Crippen LogP contribution in [0.1, 0.15) is 5.56 Å². The van der Waals surface area contributed by atoms with E-state index in [1.54, 1.807) is 24.4 Å². The van der Waals surface area contributed by atoms with Crippen LogP contribution in [0.5, 0.6) is 11.5 Å². The third kappa shape index (κ3) is 3.59. The Morgan fingerprint density at radius 3 is 2.86 bits per heavy atom. The quantitative estimate of drug-likeness (QED) is 0.870. The maximum absolute atomic E-state index is 11.8. The van der Waals surface area contributed by atoms with E-state index in [0.29, 0.717) is 17.2 Å². The van der Waals surface area contributed by atoms with E-state index in [0.717, 1.165) is 10.0 Å². The molecule has 1 aliphatic heterocycles. The standard InChI is InChI=1S/C16H13BrN2O3/c17-12-3-1-2-11(8-12)6-7-18-16(20)19-13-4-5-14-15(9-13)22-10-21-14/h1-9H,10H2,(H2,18,19,20)/b7-6+. The van der Waals surface area contributed by atoms with Gasteiger partial charge in [0.25, 0.3) is 0 Å². The van der Waals surface area contributed by atoms with Gasteiger partial charge in [-0.25, -0.2) is 4.79 Å². The lowest BCUT2D eigenvalue weighted by Gasteiger charge is -2.05. The molecule has 3 rings (SSSR count). The third-order valence-corrected chi connectivity index (χ3v) is 3.46. The zero-order chi connectivity index (χ0) is 15.4. The van der Waals surface area contributed by atoms with Crippen LogP contribution < -0.4 is 20.1 Å². The normalized spacial score (nSPS) is 12.4. The summed E-state index contributed by atoms with van der Waals surface area (Å²) in [6, 6.07) is 12.7. The first-order valence-electron chi connectivity index (χ1n) is 6.60. The van der Waals surface area contributed by atoms with Crippen molar-refractivity contribution in [1.82, 2.24) is 5.32 Å². The van der Waals surface area contributed by atoms with E-state index in [1.807, 2.05) is 30.3 Å². The molecule has 0 bridgehead atoms. The van der Waals surface area contributed by atoms with Crippen LogP contribution in [0.4, 0.5) is 10.5 Å². The average molecular weight is 361 g/mol. The Bertz CT molecular complexity index is 731. The predicted octanol–water partition coefficient (Wildman–Crippen LogP) is 3.97. The molecule has 0 aliphatic carbocycles. The SMILES string of the molecule is O=C(N/C=C/c1cccc(Br)c1)Nc1ccc2c(c1)OCO2.